The molecule has 0 aliphatic carbocycles. The summed E-state index contributed by atoms with van der Waals surface area (Å²) in [5.74, 6) is -0.321. The van der Waals surface area contributed by atoms with Gasteiger partial charge in [-0.2, -0.15) is 10.2 Å². The molecular formula is C23H21F2N5O. The topological polar surface area (TPSA) is 64.7 Å². The van der Waals surface area contributed by atoms with Crippen molar-refractivity contribution < 1.29 is 13.6 Å². The summed E-state index contributed by atoms with van der Waals surface area (Å²) in [6.45, 7) is 1.76. The van der Waals surface area contributed by atoms with Gasteiger partial charge in [-0.15, -0.1) is 0 Å². The van der Waals surface area contributed by atoms with Crippen molar-refractivity contribution in [2.45, 2.75) is 26.4 Å². The number of para-hydroxylation sites is 1. The van der Waals surface area contributed by atoms with Gasteiger partial charge in [-0.05, 0) is 25.1 Å². The lowest BCUT2D eigenvalue weighted by Gasteiger charge is -2.07. The quantitative estimate of drug-likeness (QED) is 0.484. The molecule has 4 rings (SSSR count). The number of amides is 1. The fraction of sp³-hybridized carbons (Fsp3) is 0.174. The number of nitrogens with zero attached hydrogens (tertiary/aromatic N) is 4. The molecule has 0 aliphatic rings. The van der Waals surface area contributed by atoms with Gasteiger partial charge in [0.1, 0.15) is 12.2 Å². The van der Waals surface area contributed by atoms with Crippen molar-refractivity contribution in [1.82, 2.24) is 24.9 Å². The van der Waals surface area contributed by atoms with E-state index in [9.17, 15) is 13.6 Å². The molecule has 2 aromatic carbocycles. The third kappa shape index (κ3) is 4.69. The first-order chi connectivity index (χ1) is 15.0. The van der Waals surface area contributed by atoms with Gasteiger partial charge < -0.3 is 5.32 Å². The van der Waals surface area contributed by atoms with Crippen LogP contribution in [0.4, 0.5) is 8.78 Å². The Hall–Kier alpha value is -3.81. The van der Waals surface area contributed by atoms with Crippen molar-refractivity contribution in [1.29, 1.82) is 0 Å². The van der Waals surface area contributed by atoms with Crippen LogP contribution in [0.15, 0.2) is 72.9 Å². The summed E-state index contributed by atoms with van der Waals surface area (Å²) in [6.07, 6.45) is -0.785. The first-order valence-electron chi connectivity index (χ1n) is 9.80. The fourth-order valence-corrected chi connectivity index (χ4v) is 3.28. The summed E-state index contributed by atoms with van der Waals surface area (Å²) in [5.41, 5.74) is 3.62. The van der Waals surface area contributed by atoms with Gasteiger partial charge in [0, 0.05) is 29.6 Å². The van der Waals surface area contributed by atoms with Gasteiger partial charge in [0.25, 0.3) is 6.43 Å². The van der Waals surface area contributed by atoms with E-state index in [1.807, 2.05) is 66.9 Å². The second kappa shape index (κ2) is 8.91. The number of alkyl halides is 2. The lowest BCUT2D eigenvalue weighted by molar-refractivity contribution is -0.122. The van der Waals surface area contributed by atoms with E-state index in [2.05, 4.69) is 10.4 Å². The molecule has 2 aromatic heterocycles. The number of aromatic nitrogens is 4. The highest BCUT2D eigenvalue weighted by Crippen LogP contribution is 2.23. The highest BCUT2D eigenvalue weighted by atomic mass is 19.3. The highest BCUT2D eigenvalue weighted by molar-refractivity contribution is 5.76. The number of rotatable bonds is 7. The summed E-state index contributed by atoms with van der Waals surface area (Å²) < 4.78 is 28.7. The summed E-state index contributed by atoms with van der Waals surface area (Å²) in [7, 11) is 0. The molecule has 0 saturated heterocycles. The van der Waals surface area contributed by atoms with Gasteiger partial charge >= 0.3 is 0 Å². The standard InChI is InChI=1S/C23H21F2N5O/c1-16-12-20(23(24)25)27-29(16)15-21(31)26-13-18-14-30(19-10-6-3-7-11-19)28-22(18)17-8-4-2-5-9-17/h2-12,14,23H,13,15H2,1H3,(H,26,31). The fourth-order valence-electron chi connectivity index (χ4n) is 3.28. The SMILES string of the molecule is Cc1cc(C(F)F)nn1CC(=O)NCc1cn(-c2ccccc2)nc1-c1ccccc1. The zero-order valence-electron chi connectivity index (χ0n) is 16.9. The van der Waals surface area contributed by atoms with Crippen LogP contribution in [-0.2, 0) is 17.9 Å². The van der Waals surface area contributed by atoms with Gasteiger partial charge in [-0.25, -0.2) is 13.5 Å². The molecule has 0 radical (unpaired) electrons. The number of benzene rings is 2. The van der Waals surface area contributed by atoms with E-state index in [1.54, 1.807) is 11.6 Å². The molecule has 0 bridgehead atoms. The minimum absolute atomic E-state index is 0.133. The van der Waals surface area contributed by atoms with Crippen molar-refractivity contribution >= 4 is 5.91 Å². The first-order valence-corrected chi connectivity index (χ1v) is 9.80. The van der Waals surface area contributed by atoms with E-state index < -0.39 is 6.43 Å². The van der Waals surface area contributed by atoms with E-state index in [0.717, 1.165) is 22.5 Å². The van der Waals surface area contributed by atoms with Gasteiger partial charge in [0.2, 0.25) is 5.91 Å². The Kier molecular flexibility index (Phi) is 5.88. The molecule has 0 unspecified atom stereocenters. The average Bonchev–Trinajstić information content (AvgIpc) is 3.38. The van der Waals surface area contributed by atoms with E-state index in [4.69, 9.17) is 5.10 Å². The Morgan fingerprint density at radius 3 is 2.35 bits per heavy atom. The third-order valence-corrected chi connectivity index (χ3v) is 4.85. The van der Waals surface area contributed by atoms with Crippen LogP contribution in [0.5, 0.6) is 0 Å². The summed E-state index contributed by atoms with van der Waals surface area (Å²) >= 11 is 0. The average molecular weight is 421 g/mol. The summed E-state index contributed by atoms with van der Waals surface area (Å²) in [5, 5.41) is 11.4. The monoisotopic (exact) mass is 421 g/mol. The molecule has 4 aromatic rings. The number of hydrogen-bond donors (Lipinski definition) is 1. The Balaban J connectivity index is 1.53. The van der Waals surface area contributed by atoms with Crippen molar-refractivity contribution in [3.63, 3.8) is 0 Å². The van der Waals surface area contributed by atoms with Crippen LogP contribution < -0.4 is 5.32 Å². The van der Waals surface area contributed by atoms with Crippen molar-refractivity contribution in [2.75, 3.05) is 0 Å². The minimum Gasteiger partial charge on any atom is -0.350 e. The van der Waals surface area contributed by atoms with Crippen molar-refractivity contribution in [2.24, 2.45) is 0 Å². The molecule has 1 N–H and O–H groups in total. The number of aryl methyl sites for hydroxylation is 1. The third-order valence-electron chi connectivity index (χ3n) is 4.85. The Morgan fingerprint density at radius 1 is 1.03 bits per heavy atom. The normalized spacial score (nSPS) is 11.1. The maximum absolute atomic E-state index is 12.8. The number of carbonyl (C=O) groups excluding carboxylic acids is 1. The van der Waals surface area contributed by atoms with Gasteiger partial charge in [0.05, 0.1) is 11.4 Å². The molecule has 0 spiro atoms. The van der Waals surface area contributed by atoms with Gasteiger partial charge in [-0.3, -0.25) is 9.48 Å². The zero-order valence-corrected chi connectivity index (χ0v) is 16.9. The molecular weight excluding hydrogens is 400 g/mol. The molecule has 0 aliphatic heterocycles. The Morgan fingerprint density at radius 2 is 1.71 bits per heavy atom. The van der Waals surface area contributed by atoms with Gasteiger partial charge in [0.15, 0.2) is 0 Å². The Bertz CT molecular complexity index is 1170. The van der Waals surface area contributed by atoms with E-state index in [1.165, 1.54) is 10.7 Å². The van der Waals surface area contributed by atoms with Crippen LogP contribution in [0.3, 0.4) is 0 Å². The maximum Gasteiger partial charge on any atom is 0.282 e. The van der Waals surface area contributed by atoms with Crippen LogP contribution in [0.25, 0.3) is 16.9 Å². The molecule has 2 heterocycles. The summed E-state index contributed by atoms with van der Waals surface area (Å²) in [4.78, 5) is 12.5. The predicted octanol–water partition coefficient (Wildman–Crippen LogP) is 4.30. The molecule has 158 valence electrons. The number of carbonyl (C=O) groups is 1. The van der Waals surface area contributed by atoms with Gasteiger partial charge in [-0.1, -0.05) is 48.5 Å². The maximum atomic E-state index is 12.8. The van der Waals surface area contributed by atoms with E-state index >= 15 is 0 Å². The molecule has 8 heteroatoms. The molecule has 1 amide bonds. The number of halogens is 2. The molecule has 6 nitrogen and oxygen atoms in total. The van der Waals surface area contributed by atoms with Crippen molar-refractivity contribution in [3.05, 3.63) is 89.9 Å². The van der Waals surface area contributed by atoms with Crippen LogP contribution >= 0.6 is 0 Å². The smallest absolute Gasteiger partial charge is 0.282 e. The van der Waals surface area contributed by atoms with E-state index in [-0.39, 0.29) is 24.7 Å². The molecule has 0 atom stereocenters. The van der Waals surface area contributed by atoms with Crippen LogP contribution in [0, 0.1) is 6.92 Å². The predicted molar refractivity (Wildman–Crippen MR) is 113 cm³/mol. The first kappa shape index (κ1) is 20.5. The second-order valence-corrected chi connectivity index (χ2v) is 7.09. The molecule has 31 heavy (non-hydrogen) atoms. The lowest BCUT2D eigenvalue weighted by atomic mass is 10.1. The Labute approximate surface area is 178 Å². The number of hydrogen-bond acceptors (Lipinski definition) is 3. The highest BCUT2D eigenvalue weighted by Gasteiger charge is 2.16. The summed E-state index contributed by atoms with van der Waals surface area (Å²) in [6, 6.07) is 20.7. The van der Waals surface area contributed by atoms with Crippen molar-refractivity contribution in [3.8, 4) is 16.9 Å². The largest absolute Gasteiger partial charge is 0.350 e. The lowest BCUT2D eigenvalue weighted by Crippen LogP contribution is -2.28. The van der Waals surface area contributed by atoms with Crippen LogP contribution in [0.1, 0.15) is 23.4 Å². The second-order valence-electron chi connectivity index (χ2n) is 7.09. The number of nitrogens with one attached hydrogen (secondary N) is 1. The minimum atomic E-state index is -2.67. The molecule has 0 fully saturated rings. The molecule has 0 saturated carbocycles. The van der Waals surface area contributed by atoms with E-state index in [0.29, 0.717) is 5.69 Å². The van der Waals surface area contributed by atoms with Crippen LogP contribution in [-0.4, -0.2) is 25.5 Å². The van der Waals surface area contributed by atoms with Crippen LogP contribution in [0.2, 0.25) is 0 Å². The zero-order chi connectivity index (χ0) is 21.8.